The third kappa shape index (κ3) is 6.42. The van der Waals surface area contributed by atoms with Crippen LogP contribution in [0, 0.1) is 5.82 Å². The van der Waals surface area contributed by atoms with Gasteiger partial charge in [0.05, 0.1) is 35.5 Å². The van der Waals surface area contributed by atoms with Gasteiger partial charge in [-0.25, -0.2) is 12.8 Å². The van der Waals surface area contributed by atoms with Crippen LogP contribution in [0.5, 0.6) is 23.0 Å². The molecule has 0 bridgehead atoms. The predicted molar refractivity (Wildman–Crippen MR) is 147 cm³/mol. The molecule has 0 radical (unpaired) electrons. The van der Waals surface area contributed by atoms with Crippen LogP contribution in [0.4, 0.5) is 15.8 Å². The Balaban J connectivity index is 1.67. The molecule has 1 N–H and O–H groups in total. The van der Waals surface area contributed by atoms with Gasteiger partial charge in [-0.15, -0.1) is 0 Å². The second kappa shape index (κ2) is 12.1. The lowest BCUT2D eigenvalue weighted by Gasteiger charge is -2.25. The summed E-state index contributed by atoms with van der Waals surface area (Å²) in [6, 6.07) is 23.1. The highest BCUT2D eigenvalue weighted by molar-refractivity contribution is 7.92. The monoisotopic (exact) mass is 570 g/mol. The van der Waals surface area contributed by atoms with Gasteiger partial charge >= 0.3 is 0 Å². The number of benzene rings is 4. The molecule has 0 aliphatic rings. The fourth-order valence-corrected chi connectivity index (χ4v) is 5.26. The highest BCUT2D eigenvalue weighted by Gasteiger charge is 2.29. The first-order chi connectivity index (χ1) is 18.7. The van der Waals surface area contributed by atoms with Crippen molar-refractivity contribution in [3.63, 3.8) is 0 Å². The van der Waals surface area contributed by atoms with Crippen LogP contribution in [0.2, 0.25) is 5.02 Å². The molecule has 0 aliphatic carbocycles. The normalized spacial score (nSPS) is 11.0. The standard InChI is InChI=1S/C28H24ClFN2O6S/c1-36-26-15-13-21(17-27(26)37-2)39(34,35)32(19-12-14-23(30)22(29)16-19)18-28(33)31-24-10-6-7-11-25(24)38-20-8-4-3-5-9-20/h3-17H,18H2,1-2H3,(H,31,33). The molecule has 0 saturated heterocycles. The van der Waals surface area contributed by atoms with Crippen molar-refractivity contribution in [1.82, 2.24) is 0 Å². The molecule has 0 aromatic heterocycles. The van der Waals surface area contributed by atoms with Crippen LogP contribution in [-0.4, -0.2) is 35.1 Å². The lowest BCUT2D eigenvalue weighted by atomic mass is 10.2. The van der Waals surface area contributed by atoms with Crippen molar-refractivity contribution < 1.29 is 31.8 Å². The van der Waals surface area contributed by atoms with Crippen LogP contribution in [0.1, 0.15) is 0 Å². The molecule has 0 fully saturated rings. The van der Waals surface area contributed by atoms with Crippen LogP contribution in [0.3, 0.4) is 0 Å². The van der Waals surface area contributed by atoms with E-state index in [-0.39, 0.29) is 21.4 Å². The van der Waals surface area contributed by atoms with Gasteiger partial charge in [-0.2, -0.15) is 0 Å². The average molecular weight is 571 g/mol. The maximum Gasteiger partial charge on any atom is 0.264 e. The Kier molecular flexibility index (Phi) is 8.58. The molecule has 1 amide bonds. The summed E-state index contributed by atoms with van der Waals surface area (Å²) in [5.41, 5.74) is 0.312. The number of ether oxygens (including phenoxy) is 3. The van der Waals surface area contributed by atoms with Crippen molar-refractivity contribution in [2.75, 3.05) is 30.4 Å². The molecule has 202 valence electrons. The van der Waals surface area contributed by atoms with Crippen LogP contribution in [-0.2, 0) is 14.8 Å². The first-order valence-electron chi connectivity index (χ1n) is 11.5. The summed E-state index contributed by atoms with van der Waals surface area (Å²) >= 11 is 5.96. The summed E-state index contributed by atoms with van der Waals surface area (Å²) in [4.78, 5) is 13.1. The highest BCUT2D eigenvalue weighted by atomic mass is 35.5. The van der Waals surface area contributed by atoms with Crippen LogP contribution >= 0.6 is 11.6 Å². The van der Waals surface area contributed by atoms with Crippen molar-refractivity contribution >= 4 is 38.9 Å². The van der Waals surface area contributed by atoms with Gasteiger partial charge in [0.1, 0.15) is 18.1 Å². The van der Waals surface area contributed by atoms with Gasteiger partial charge in [-0.05, 0) is 54.6 Å². The Morgan fingerprint density at radius 2 is 1.56 bits per heavy atom. The topological polar surface area (TPSA) is 94.2 Å². The molecule has 0 atom stereocenters. The Morgan fingerprint density at radius 3 is 2.26 bits per heavy atom. The molecular weight excluding hydrogens is 547 g/mol. The van der Waals surface area contributed by atoms with E-state index in [0.29, 0.717) is 22.9 Å². The number of hydrogen-bond donors (Lipinski definition) is 1. The summed E-state index contributed by atoms with van der Waals surface area (Å²) in [6.07, 6.45) is 0. The van der Waals surface area contributed by atoms with E-state index in [4.69, 9.17) is 25.8 Å². The Labute approximate surface area is 230 Å². The molecule has 8 nitrogen and oxygen atoms in total. The van der Waals surface area contributed by atoms with E-state index in [1.54, 1.807) is 48.5 Å². The number of rotatable bonds is 10. The van der Waals surface area contributed by atoms with Gasteiger partial charge in [0.25, 0.3) is 10.0 Å². The Bertz CT molecular complexity index is 1580. The number of sulfonamides is 1. The van der Waals surface area contributed by atoms with Gasteiger partial charge in [-0.3, -0.25) is 9.10 Å². The van der Waals surface area contributed by atoms with Gasteiger partial charge in [-0.1, -0.05) is 41.9 Å². The summed E-state index contributed by atoms with van der Waals surface area (Å²) < 4.78 is 58.6. The summed E-state index contributed by atoms with van der Waals surface area (Å²) in [7, 11) is -1.57. The lowest BCUT2D eigenvalue weighted by Crippen LogP contribution is -2.38. The van der Waals surface area contributed by atoms with Crippen LogP contribution < -0.4 is 23.8 Å². The number of hydrogen-bond acceptors (Lipinski definition) is 6. The molecule has 4 aromatic carbocycles. The van der Waals surface area contributed by atoms with E-state index in [1.807, 2.05) is 6.07 Å². The minimum absolute atomic E-state index is 0.0137. The number of halogens is 2. The molecule has 4 aromatic rings. The van der Waals surface area contributed by atoms with Crippen molar-refractivity contribution in [3.8, 4) is 23.0 Å². The second-order valence-corrected chi connectivity index (χ2v) is 10.4. The maximum absolute atomic E-state index is 13.9. The third-order valence-electron chi connectivity index (χ3n) is 5.55. The Hall–Kier alpha value is -4.28. The Morgan fingerprint density at radius 1 is 0.872 bits per heavy atom. The summed E-state index contributed by atoms with van der Waals surface area (Å²) in [6.45, 7) is -0.654. The zero-order chi connectivity index (χ0) is 28.0. The number of nitrogens with one attached hydrogen (secondary N) is 1. The number of amides is 1. The molecule has 0 aliphatic heterocycles. The number of carbonyl (C=O) groups excluding carboxylic acids is 1. The quantitative estimate of drug-likeness (QED) is 0.247. The minimum atomic E-state index is -4.36. The number of methoxy groups -OCH3 is 2. The second-order valence-electron chi connectivity index (χ2n) is 8.09. The number of para-hydroxylation sites is 3. The van der Waals surface area contributed by atoms with E-state index in [2.05, 4.69) is 5.32 Å². The molecule has 0 unspecified atom stereocenters. The highest BCUT2D eigenvalue weighted by Crippen LogP contribution is 2.34. The van der Waals surface area contributed by atoms with Crippen LogP contribution in [0.25, 0.3) is 0 Å². The van der Waals surface area contributed by atoms with Gasteiger partial charge < -0.3 is 19.5 Å². The van der Waals surface area contributed by atoms with E-state index in [1.165, 1.54) is 38.5 Å². The van der Waals surface area contributed by atoms with Crippen molar-refractivity contribution in [2.45, 2.75) is 4.90 Å². The lowest BCUT2D eigenvalue weighted by molar-refractivity contribution is -0.114. The van der Waals surface area contributed by atoms with E-state index in [0.717, 1.165) is 16.4 Å². The maximum atomic E-state index is 13.9. The van der Waals surface area contributed by atoms with Gasteiger partial charge in [0.15, 0.2) is 17.2 Å². The number of nitrogens with zero attached hydrogens (tertiary/aromatic N) is 1. The fraction of sp³-hybridized carbons (Fsp3) is 0.107. The molecule has 39 heavy (non-hydrogen) atoms. The first kappa shape index (κ1) is 27.7. The van der Waals surface area contributed by atoms with Crippen molar-refractivity contribution in [1.29, 1.82) is 0 Å². The first-order valence-corrected chi connectivity index (χ1v) is 13.4. The SMILES string of the molecule is COc1ccc(S(=O)(=O)N(CC(=O)Nc2ccccc2Oc2ccccc2)c2ccc(F)c(Cl)c2)cc1OC. The zero-order valence-corrected chi connectivity index (χ0v) is 22.5. The minimum Gasteiger partial charge on any atom is -0.493 e. The van der Waals surface area contributed by atoms with Crippen molar-refractivity contribution in [3.05, 3.63) is 102 Å². The van der Waals surface area contributed by atoms with Crippen LogP contribution in [0.15, 0.2) is 95.9 Å². The summed E-state index contributed by atoms with van der Waals surface area (Å²) in [5, 5.41) is 2.40. The number of carbonyl (C=O) groups is 1. The van der Waals surface area contributed by atoms with E-state index >= 15 is 0 Å². The fourth-order valence-electron chi connectivity index (χ4n) is 3.65. The largest absolute Gasteiger partial charge is 0.493 e. The van der Waals surface area contributed by atoms with E-state index < -0.39 is 28.3 Å². The average Bonchev–Trinajstić information content (AvgIpc) is 2.94. The smallest absolute Gasteiger partial charge is 0.264 e. The summed E-state index contributed by atoms with van der Waals surface area (Å²) in [5.74, 6) is -0.00869. The van der Waals surface area contributed by atoms with E-state index in [9.17, 15) is 17.6 Å². The molecule has 0 spiro atoms. The molecule has 0 saturated carbocycles. The molecule has 0 heterocycles. The third-order valence-corrected chi connectivity index (χ3v) is 7.61. The molecular formula is C28H24ClFN2O6S. The predicted octanol–water partition coefficient (Wildman–Crippen LogP) is 6.12. The zero-order valence-electron chi connectivity index (χ0n) is 20.9. The van der Waals surface area contributed by atoms with Gasteiger partial charge in [0.2, 0.25) is 5.91 Å². The molecule has 11 heteroatoms. The number of anilines is 2. The molecule has 4 rings (SSSR count). The van der Waals surface area contributed by atoms with Gasteiger partial charge in [0, 0.05) is 6.07 Å². The van der Waals surface area contributed by atoms with Crippen molar-refractivity contribution in [2.24, 2.45) is 0 Å².